The normalized spacial score (nSPS) is 17.8. The Morgan fingerprint density at radius 2 is 1.78 bits per heavy atom. The summed E-state index contributed by atoms with van der Waals surface area (Å²) in [6, 6.07) is 11.3. The number of Topliss-reactive ketones (excluding diaryl/α,β-unsaturated/α-hetero) is 1. The highest BCUT2D eigenvalue weighted by molar-refractivity contribution is 9.10. The number of carbonyl (C=O) groups excluding carboxylic acids is 2. The number of rotatable bonds is 8. The summed E-state index contributed by atoms with van der Waals surface area (Å²) >= 11 is 3.37. The maximum absolute atomic E-state index is 13.1. The molecule has 1 heterocycles. The average Bonchev–Trinajstić information content (AvgIpc) is 3.03. The van der Waals surface area contributed by atoms with Crippen molar-refractivity contribution < 1.29 is 24.2 Å². The van der Waals surface area contributed by atoms with Crippen molar-refractivity contribution in [2.45, 2.75) is 12.5 Å². The summed E-state index contributed by atoms with van der Waals surface area (Å²) < 4.78 is 11.8. The molecule has 1 aliphatic heterocycles. The molecular weight excluding hydrogens is 476 g/mol. The molecule has 0 radical (unpaired) electrons. The molecule has 0 spiro atoms. The summed E-state index contributed by atoms with van der Waals surface area (Å²) in [6.07, 6.45) is 0.668. The van der Waals surface area contributed by atoms with Crippen LogP contribution in [0.2, 0.25) is 0 Å². The van der Waals surface area contributed by atoms with E-state index >= 15 is 0 Å². The molecule has 0 aliphatic carbocycles. The van der Waals surface area contributed by atoms with Gasteiger partial charge < -0.3 is 24.4 Å². The minimum atomic E-state index is -0.800. The molecule has 0 bridgehead atoms. The standard InChI is InChI=1S/C24H27BrN2O5/c1-26(2)12-5-13-27-21(18-14-17(31-3)10-11-19(18)32-4)20(23(29)24(27)30)22(28)15-6-8-16(25)9-7-15/h6-11,14,21,28H,5,12-13H2,1-4H3/b22-20-. The molecule has 7 nitrogen and oxygen atoms in total. The molecule has 1 aliphatic rings. The van der Waals surface area contributed by atoms with Crippen molar-refractivity contribution in [2.75, 3.05) is 41.4 Å². The number of halogens is 1. The first-order chi connectivity index (χ1) is 15.3. The zero-order chi connectivity index (χ0) is 23.4. The summed E-state index contributed by atoms with van der Waals surface area (Å²) in [5.74, 6) is -0.524. The van der Waals surface area contributed by atoms with Gasteiger partial charge in [-0.3, -0.25) is 9.59 Å². The van der Waals surface area contributed by atoms with Gasteiger partial charge in [0.15, 0.2) is 0 Å². The van der Waals surface area contributed by atoms with Crippen LogP contribution in [-0.2, 0) is 9.59 Å². The first-order valence-electron chi connectivity index (χ1n) is 10.2. The number of likely N-dealkylation sites (tertiary alicyclic amines) is 1. The van der Waals surface area contributed by atoms with E-state index in [0.29, 0.717) is 35.6 Å². The molecule has 1 unspecified atom stereocenters. The minimum absolute atomic E-state index is 0.0359. The smallest absolute Gasteiger partial charge is 0.295 e. The molecule has 1 amide bonds. The predicted molar refractivity (Wildman–Crippen MR) is 126 cm³/mol. The van der Waals surface area contributed by atoms with Crippen LogP contribution < -0.4 is 9.47 Å². The van der Waals surface area contributed by atoms with Gasteiger partial charge in [-0.15, -0.1) is 0 Å². The molecule has 1 saturated heterocycles. The van der Waals surface area contributed by atoms with Gasteiger partial charge in [0.25, 0.3) is 11.7 Å². The summed E-state index contributed by atoms with van der Waals surface area (Å²) in [4.78, 5) is 29.7. The van der Waals surface area contributed by atoms with Crippen molar-refractivity contribution in [1.29, 1.82) is 0 Å². The number of amides is 1. The molecule has 0 saturated carbocycles. The highest BCUT2D eigenvalue weighted by atomic mass is 79.9. The summed E-state index contributed by atoms with van der Waals surface area (Å²) in [6.45, 7) is 1.10. The molecule has 32 heavy (non-hydrogen) atoms. The predicted octanol–water partition coefficient (Wildman–Crippen LogP) is 3.84. The molecule has 2 aromatic rings. The fraction of sp³-hybridized carbons (Fsp3) is 0.333. The Kier molecular flexibility index (Phi) is 7.58. The Morgan fingerprint density at radius 1 is 1.09 bits per heavy atom. The zero-order valence-corrected chi connectivity index (χ0v) is 20.2. The number of aliphatic hydroxyl groups is 1. The molecule has 170 valence electrons. The second kappa shape index (κ2) is 10.2. The van der Waals surface area contributed by atoms with Crippen LogP contribution in [0.1, 0.15) is 23.6 Å². The number of methoxy groups -OCH3 is 2. The van der Waals surface area contributed by atoms with Crippen LogP contribution in [-0.4, -0.2) is 68.0 Å². The Morgan fingerprint density at radius 3 is 2.38 bits per heavy atom. The number of benzene rings is 2. The number of ketones is 1. The summed E-state index contributed by atoms with van der Waals surface area (Å²) in [5.41, 5.74) is 1.06. The van der Waals surface area contributed by atoms with Gasteiger partial charge in [0.05, 0.1) is 25.8 Å². The van der Waals surface area contributed by atoms with E-state index in [4.69, 9.17) is 9.47 Å². The van der Waals surface area contributed by atoms with Crippen LogP contribution in [0.15, 0.2) is 52.5 Å². The number of carbonyl (C=O) groups is 2. The maximum atomic E-state index is 13.1. The first-order valence-corrected chi connectivity index (χ1v) is 11.0. The van der Waals surface area contributed by atoms with E-state index in [-0.39, 0.29) is 11.3 Å². The molecule has 1 atom stereocenters. The van der Waals surface area contributed by atoms with E-state index in [1.807, 2.05) is 19.0 Å². The number of nitrogens with zero attached hydrogens (tertiary/aromatic N) is 2. The van der Waals surface area contributed by atoms with Crippen LogP contribution in [0.25, 0.3) is 5.76 Å². The van der Waals surface area contributed by atoms with Crippen LogP contribution in [0.3, 0.4) is 0 Å². The van der Waals surface area contributed by atoms with E-state index in [1.165, 1.54) is 12.0 Å². The maximum Gasteiger partial charge on any atom is 0.295 e. The summed E-state index contributed by atoms with van der Waals surface area (Å²) in [5, 5.41) is 11.1. The third kappa shape index (κ3) is 4.81. The van der Waals surface area contributed by atoms with Crippen molar-refractivity contribution in [3.05, 3.63) is 63.6 Å². The molecule has 0 aromatic heterocycles. The van der Waals surface area contributed by atoms with Crippen molar-refractivity contribution in [2.24, 2.45) is 0 Å². The van der Waals surface area contributed by atoms with Gasteiger partial charge in [-0.05, 0) is 57.4 Å². The third-order valence-electron chi connectivity index (χ3n) is 5.39. The van der Waals surface area contributed by atoms with Gasteiger partial charge in [0.2, 0.25) is 0 Å². The molecule has 1 fully saturated rings. The second-order valence-electron chi connectivity index (χ2n) is 7.76. The monoisotopic (exact) mass is 502 g/mol. The van der Waals surface area contributed by atoms with E-state index in [2.05, 4.69) is 15.9 Å². The average molecular weight is 503 g/mol. The van der Waals surface area contributed by atoms with Crippen molar-refractivity contribution in [3.8, 4) is 11.5 Å². The molecule has 3 rings (SSSR count). The van der Waals surface area contributed by atoms with Gasteiger partial charge in [0.1, 0.15) is 17.3 Å². The Bertz CT molecular complexity index is 1030. The van der Waals surface area contributed by atoms with E-state index < -0.39 is 17.7 Å². The Labute approximate surface area is 196 Å². The number of hydrogen-bond acceptors (Lipinski definition) is 6. The van der Waals surface area contributed by atoms with Gasteiger partial charge in [-0.2, -0.15) is 0 Å². The lowest BCUT2D eigenvalue weighted by Crippen LogP contribution is -2.32. The number of aliphatic hydroxyl groups excluding tert-OH is 1. The van der Waals surface area contributed by atoms with Crippen LogP contribution in [0.4, 0.5) is 0 Å². The fourth-order valence-electron chi connectivity index (χ4n) is 3.81. The van der Waals surface area contributed by atoms with Gasteiger partial charge in [0, 0.05) is 22.1 Å². The highest BCUT2D eigenvalue weighted by Crippen LogP contribution is 2.44. The third-order valence-corrected chi connectivity index (χ3v) is 5.92. The lowest BCUT2D eigenvalue weighted by Gasteiger charge is -2.27. The van der Waals surface area contributed by atoms with Gasteiger partial charge in [-0.1, -0.05) is 28.1 Å². The van der Waals surface area contributed by atoms with Crippen LogP contribution in [0.5, 0.6) is 11.5 Å². The van der Waals surface area contributed by atoms with Crippen molar-refractivity contribution in [1.82, 2.24) is 9.80 Å². The Balaban J connectivity index is 2.18. The summed E-state index contributed by atoms with van der Waals surface area (Å²) in [7, 11) is 6.97. The van der Waals surface area contributed by atoms with E-state index in [9.17, 15) is 14.7 Å². The quantitative estimate of drug-likeness (QED) is 0.335. The van der Waals surface area contributed by atoms with Gasteiger partial charge >= 0.3 is 0 Å². The van der Waals surface area contributed by atoms with Crippen LogP contribution >= 0.6 is 15.9 Å². The first kappa shape index (κ1) is 23.8. The largest absolute Gasteiger partial charge is 0.507 e. The topological polar surface area (TPSA) is 79.3 Å². The lowest BCUT2D eigenvalue weighted by molar-refractivity contribution is -0.140. The van der Waals surface area contributed by atoms with E-state index in [0.717, 1.165) is 11.0 Å². The van der Waals surface area contributed by atoms with Crippen LogP contribution in [0, 0.1) is 0 Å². The van der Waals surface area contributed by atoms with Crippen molar-refractivity contribution in [3.63, 3.8) is 0 Å². The Hall–Kier alpha value is -2.84. The fourth-order valence-corrected chi connectivity index (χ4v) is 4.07. The molecular formula is C24H27BrN2O5. The van der Waals surface area contributed by atoms with E-state index in [1.54, 1.807) is 49.6 Å². The highest BCUT2D eigenvalue weighted by Gasteiger charge is 2.47. The number of ether oxygens (including phenoxy) is 2. The second-order valence-corrected chi connectivity index (χ2v) is 8.68. The number of hydrogen-bond donors (Lipinski definition) is 1. The van der Waals surface area contributed by atoms with Gasteiger partial charge in [-0.25, -0.2) is 0 Å². The molecule has 1 N–H and O–H groups in total. The molecule has 2 aromatic carbocycles. The lowest BCUT2D eigenvalue weighted by atomic mass is 9.94. The SMILES string of the molecule is COc1ccc(OC)c(C2/C(=C(/O)c3ccc(Br)cc3)C(=O)C(=O)N2CCCN(C)C)c1. The zero-order valence-electron chi connectivity index (χ0n) is 18.6. The van der Waals surface area contributed by atoms with Crippen molar-refractivity contribution >= 4 is 33.4 Å². The molecule has 8 heteroatoms. The minimum Gasteiger partial charge on any atom is -0.507 e.